The number of H-pyrrole nitrogens is 1. The number of methoxy groups -OCH3 is 2. The molecule has 4 N–H and O–H groups in total. The molecule has 0 bridgehead atoms. The maximum absolute atomic E-state index is 13.1. The lowest BCUT2D eigenvalue weighted by atomic mass is 10.0. The van der Waals surface area contributed by atoms with E-state index in [1.165, 1.54) is 31.4 Å². The number of aromatic nitrogens is 2. The number of nitrogens with one attached hydrogen (secondary N) is 2. The minimum absolute atomic E-state index is 0.133. The number of hydrogen-bond donors (Lipinski definition) is 4. The lowest BCUT2D eigenvalue weighted by Gasteiger charge is -2.22. The van der Waals surface area contributed by atoms with Gasteiger partial charge in [-0.1, -0.05) is 6.07 Å². The van der Waals surface area contributed by atoms with Crippen LogP contribution in [0.25, 0.3) is 22.4 Å². The number of aromatic amines is 1. The molecule has 11 nitrogen and oxygen atoms in total. The molecule has 0 fully saturated rings. The standard InChI is InChI=1S/C25H24N4O7/c1-35-20-11-8-15(12-21(20)36-2)24-26-18-5-3-4-17(22(18)28-24)25(32)27-19(13-30)23(31)14-6-9-16(10-7-14)29(33)34/h3-12,19,23,30-31H,13H2,1-2H3,(H,26,28)(H,27,32)/t19-,23-/m1/s1. The number of benzene rings is 3. The molecule has 3 aromatic carbocycles. The van der Waals surface area contributed by atoms with E-state index in [2.05, 4.69) is 15.3 Å². The predicted molar refractivity (Wildman–Crippen MR) is 131 cm³/mol. The number of carbonyl (C=O) groups is 1. The number of ether oxygens (including phenoxy) is 2. The number of non-ortho nitro benzene ring substituents is 1. The number of hydrogen-bond acceptors (Lipinski definition) is 8. The summed E-state index contributed by atoms with van der Waals surface area (Å²) in [5, 5.41) is 34.0. The lowest BCUT2D eigenvalue weighted by molar-refractivity contribution is -0.384. The molecule has 1 heterocycles. The first-order chi connectivity index (χ1) is 17.4. The topological polar surface area (TPSA) is 160 Å². The maximum atomic E-state index is 13.1. The average Bonchev–Trinajstić information content (AvgIpc) is 3.35. The summed E-state index contributed by atoms with van der Waals surface area (Å²) in [7, 11) is 3.08. The Kier molecular flexibility index (Phi) is 7.13. The first-order valence-corrected chi connectivity index (χ1v) is 10.9. The second kappa shape index (κ2) is 10.4. The molecule has 0 saturated carbocycles. The number of imidazole rings is 1. The number of nitrogens with zero attached hydrogens (tertiary/aromatic N) is 2. The monoisotopic (exact) mass is 492 g/mol. The molecule has 186 valence electrons. The molecule has 4 aromatic rings. The van der Waals surface area contributed by atoms with Crippen molar-refractivity contribution < 1.29 is 29.4 Å². The number of rotatable bonds is 9. The van der Waals surface area contributed by atoms with E-state index in [0.29, 0.717) is 33.9 Å². The summed E-state index contributed by atoms with van der Waals surface area (Å²) in [6.45, 7) is -0.558. The molecule has 0 spiro atoms. The van der Waals surface area contributed by atoms with Gasteiger partial charge in [-0.15, -0.1) is 0 Å². The molecule has 0 unspecified atom stereocenters. The Balaban J connectivity index is 1.60. The Bertz CT molecular complexity index is 1400. The van der Waals surface area contributed by atoms with Crippen LogP contribution in [0, 0.1) is 10.1 Å². The highest BCUT2D eigenvalue weighted by atomic mass is 16.6. The van der Waals surface area contributed by atoms with E-state index in [9.17, 15) is 25.1 Å². The van der Waals surface area contributed by atoms with Gasteiger partial charge in [-0.2, -0.15) is 0 Å². The van der Waals surface area contributed by atoms with E-state index in [1.807, 2.05) is 0 Å². The van der Waals surface area contributed by atoms with E-state index < -0.39 is 29.6 Å². The molecule has 0 aliphatic carbocycles. The molecule has 0 aliphatic heterocycles. The van der Waals surface area contributed by atoms with Gasteiger partial charge in [0.1, 0.15) is 17.4 Å². The fourth-order valence-corrected chi connectivity index (χ4v) is 3.83. The van der Waals surface area contributed by atoms with Gasteiger partial charge in [0.15, 0.2) is 11.5 Å². The van der Waals surface area contributed by atoms with Crippen molar-refractivity contribution in [3.8, 4) is 22.9 Å². The SMILES string of the molecule is COc1ccc(-c2nc3c(C(=O)N[C@H](CO)[C@H](O)c4ccc([N+](=O)[O-])cc4)cccc3[nH]2)cc1OC. The van der Waals surface area contributed by atoms with Crippen LogP contribution in [0.1, 0.15) is 22.0 Å². The van der Waals surface area contributed by atoms with Crippen molar-refractivity contribution in [1.82, 2.24) is 15.3 Å². The molecule has 0 radical (unpaired) electrons. The molecule has 36 heavy (non-hydrogen) atoms. The zero-order valence-corrected chi connectivity index (χ0v) is 19.5. The highest BCUT2D eigenvalue weighted by Crippen LogP contribution is 2.32. The summed E-state index contributed by atoms with van der Waals surface area (Å²) in [5.74, 6) is 1.06. The van der Waals surface area contributed by atoms with E-state index in [4.69, 9.17) is 9.47 Å². The van der Waals surface area contributed by atoms with Crippen LogP contribution in [0.2, 0.25) is 0 Å². The summed E-state index contributed by atoms with van der Waals surface area (Å²) in [4.78, 5) is 31.2. The van der Waals surface area contributed by atoms with Gasteiger partial charge in [0.25, 0.3) is 11.6 Å². The fraction of sp³-hybridized carbons (Fsp3) is 0.200. The smallest absolute Gasteiger partial charge is 0.269 e. The Morgan fingerprint density at radius 2 is 1.83 bits per heavy atom. The Hall–Kier alpha value is -4.48. The van der Waals surface area contributed by atoms with Gasteiger partial charge in [-0.05, 0) is 48.0 Å². The van der Waals surface area contributed by atoms with Crippen LogP contribution in [-0.4, -0.2) is 57.9 Å². The number of aliphatic hydroxyl groups is 2. The number of nitro benzene ring substituents is 1. The third-order valence-electron chi connectivity index (χ3n) is 5.75. The maximum Gasteiger partial charge on any atom is 0.269 e. The molecular formula is C25H24N4O7. The number of nitro groups is 1. The zero-order valence-electron chi connectivity index (χ0n) is 19.5. The van der Waals surface area contributed by atoms with E-state index in [-0.39, 0.29) is 11.3 Å². The normalized spacial score (nSPS) is 12.7. The molecule has 2 atom stereocenters. The van der Waals surface area contributed by atoms with Gasteiger partial charge in [0.2, 0.25) is 0 Å². The van der Waals surface area contributed by atoms with Gasteiger partial charge >= 0.3 is 0 Å². The number of amides is 1. The largest absolute Gasteiger partial charge is 0.493 e. The van der Waals surface area contributed by atoms with Crippen molar-refractivity contribution >= 4 is 22.6 Å². The first-order valence-electron chi connectivity index (χ1n) is 10.9. The molecule has 0 saturated heterocycles. The highest BCUT2D eigenvalue weighted by molar-refractivity contribution is 6.05. The van der Waals surface area contributed by atoms with Crippen LogP contribution in [0.4, 0.5) is 5.69 Å². The van der Waals surface area contributed by atoms with Gasteiger partial charge in [0, 0.05) is 17.7 Å². The molecule has 0 aliphatic rings. The minimum atomic E-state index is -1.29. The Labute approximate surface area is 205 Å². The second-order valence-electron chi connectivity index (χ2n) is 7.91. The number of fused-ring (bicyclic) bond motifs is 1. The number of para-hydroxylation sites is 1. The Morgan fingerprint density at radius 1 is 1.11 bits per heavy atom. The summed E-state index contributed by atoms with van der Waals surface area (Å²) in [5.41, 5.74) is 2.16. The van der Waals surface area contributed by atoms with Crippen molar-refractivity contribution in [3.05, 3.63) is 81.9 Å². The lowest BCUT2D eigenvalue weighted by Crippen LogP contribution is -2.42. The van der Waals surface area contributed by atoms with Crippen LogP contribution in [0.3, 0.4) is 0 Å². The summed E-state index contributed by atoms with van der Waals surface area (Å²) < 4.78 is 10.6. The van der Waals surface area contributed by atoms with Crippen LogP contribution in [0.15, 0.2) is 60.7 Å². The van der Waals surface area contributed by atoms with Crippen molar-refractivity contribution in [1.29, 1.82) is 0 Å². The van der Waals surface area contributed by atoms with E-state index in [0.717, 1.165) is 5.56 Å². The van der Waals surface area contributed by atoms with Crippen molar-refractivity contribution in [3.63, 3.8) is 0 Å². The van der Waals surface area contributed by atoms with E-state index >= 15 is 0 Å². The predicted octanol–water partition coefficient (Wildman–Crippen LogP) is 2.98. The highest BCUT2D eigenvalue weighted by Gasteiger charge is 2.25. The average molecular weight is 492 g/mol. The van der Waals surface area contributed by atoms with Crippen LogP contribution >= 0.6 is 0 Å². The quantitative estimate of drug-likeness (QED) is 0.205. The minimum Gasteiger partial charge on any atom is -0.493 e. The van der Waals surface area contributed by atoms with Gasteiger partial charge < -0.3 is 30.0 Å². The van der Waals surface area contributed by atoms with Crippen LogP contribution < -0.4 is 14.8 Å². The van der Waals surface area contributed by atoms with Gasteiger partial charge in [-0.3, -0.25) is 14.9 Å². The number of aliphatic hydroxyl groups excluding tert-OH is 2. The second-order valence-corrected chi connectivity index (χ2v) is 7.91. The van der Waals surface area contributed by atoms with Crippen molar-refractivity contribution in [2.75, 3.05) is 20.8 Å². The Morgan fingerprint density at radius 3 is 2.47 bits per heavy atom. The summed E-state index contributed by atoms with van der Waals surface area (Å²) >= 11 is 0. The molecule has 11 heteroatoms. The first kappa shape index (κ1) is 24.6. The van der Waals surface area contributed by atoms with Crippen LogP contribution in [-0.2, 0) is 0 Å². The summed E-state index contributed by atoms with van der Waals surface area (Å²) in [6, 6.07) is 14.6. The van der Waals surface area contributed by atoms with Crippen molar-refractivity contribution in [2.45, 2.75) is 12.1 Å². The van der Waals surface area contributed by atoms with Crippen molar-refractivity contribution in [2.24, 2.45) is 0 Å². The third-order valence-corrected chi connectivity index (χ3v) is 5.75. The molecule has 1 aromatic heterocycles. The third kappa shape index (κ3) is 4.83. The van der Waals surface area contributed by atoms with Gasteiger partial charge in [-0.25, -0.2) is 4.98 Å². The zero-order chi connectivity index (χ0) is 25.8. The summed E-state index contributed by atoms with van der Waals surface area (Å²) in [6.07, 6.45) is -1.29. The van der Waals surface area contributed by atoms with E-state index in [1.54, 1.807) is 43.5 Å². The number of carbonyl (C=O) groups excluding carboxylic acids is 1. The molecular weight excluding hydrogens is 468 g/mol. The van der Waals surface area contributed by atoms with Gasteiger partial charge in [0.05, 0.1) is 42.9 Å². The van der Waals surface area contributed by atoms with Crippen LogP contribution in [0.5, 0.6) is 11.5 Å². The fourth-order valence-electron chi connectivity index (χ4n) is 3.83. The molecule has 1 amide bonds. The molecule has 4 rings (SSSR count).